The third-order valence-corrected chi connectivity index (χ3v) is 4.90. The second-order valence-corrected chi connectivity index (χ2v) is 6.88. The van der Waals surface area contributed by atoms with Crippen LogP contribution in [0, 0.1) is 6.92 Å². The van der Waals surface area contributed by atoms with Gasteiger partial charge in [0.2, 0.25) is 0 Å². The van der Waals surface area contributed by atoms with Crippen LogP contribution in [0.4, 0.5) is 5.69 Å². The van der Waals surface area contributed by atoms with Crippen molar-refractivity contribution in [3.05, 3.63) is 82.9 Å². The number of phenols is 1. The Morgan fingerprint density at radius 2 is 1.96 bits per heavy atom. The SMILES string of the molecule is COc1ccc(NC(c2ccco2)c2ccc3ccc(C)nc3c2O)cc1Cl. The van der Waals surface area contributed by atoms with Gasteiger partial charge in [0.15, 0.2) is 0 Å². The number of aryl methyl sites for hydroxylation is 1. The van der Waals surface area contributed by atoms with Gasteiger partial charge in [0.25, 0.3) is 0 Å². The second-order valence-electron chi connectivity index (χ2n) is 6.47. The zero-order valence-corrected chi connectivity index (χ0v) is 16.2. The third kappa shape index (κ3) is 3.37. The molecular formula is C22H19ClN2O3. The second kappa shape index (κ2) is 7.44. The largest absolute Gasteiger partial charge is 0.505 e. The summed E-state index contributed by atoms with van der Waals surface area (Å²) in [6, 6.07) is 16.3. The van der Waals surface area contributed by atoms with E-state index in [1.165, 1.54) is 0 Å². The van der Waals surface area contributed by atoms with Gasteiger partial charge in [-0.2, -0.15) is 0 Å². The Hall–Kier alpha value is -3.18. The molecule has 0 aliphatic carbocycles. The van der Waals surface area contributed by atoms with Crippen LogP contribution in [-0.2, 0) is 0 Å². The minimum Gasteiger partial charge on any atom is -0.505 e. The van der Waals surface area contributed by atoms with E-state index in [4.69, 9.17) is 20.8 Å². The Balaban J connectivity index is 1.80. The fourth-order valence-corrected chi connectivity index (χ4v) is 3.46. The lowest BCUT2D eigenvalue weighted by molar-refractivity contribution is 0.415. The monoisotopic (exact) mass is 394 g/mol. The number of methoxy groups -OCH3 is 1. The van der Waals surface area contributed by atoms with E-state index < -0.39 is 6.04 Å². The van der Waals surface area contributed by atoms with Gasteiger partial charge in [0.1, 0.15) is 28.8 Å². The number of phenolic OH excluding ortho intramolecular Hbond substituents is 1. The van der Waals surface area contributed by atoms with Gasteiger partial charge in [-0.15, -0.1) is 0 Å². The molecule has 0 aliphatic heterocycles. The Morgan fingerprint density at radius 3 is 2.68 bits per heavy atom. The number of rotatable bonds is 5. The summed E-state index contributed by atoms with van der Waals surface area (Å²) in [7, 11) is 1.57. The molecule has 2 aromatic heterocycles. The number of nitrogens with zero attached hydrogens (tertiary/aromatic N) is 1. The van der Waals surface area contributed by atoms with Crippen molar-refractivity contribution in [1.82, 2.24) is 4.98 Å². The number of fused-ring (bicyclic) bond motifs is 1. The van der Waals surface area contributed by atoms with Gasteiger partial charge in [-0.3, -0.25) is 0 Å². The minimum atomic E-state index is -0.425. The molecule has 142 valence electrons. The lowest BCUT2D eigenvalue weighted by Gasteiger charge is -2.20. The average molecular weight is 395 g/mol. The number of aromatic nitrogens is 1. The van der Waals surface area contributed by atoms with Crippen molar-refractivity contribution in [2.45, 2.75) is 13.0 Å². The number of aromatic hydroxyl groups is 1. The van der Waals surface area contributed by atoms with Crippen molar-refractivity contribution < 1.29 is 14.3 Å². The summed E-state index contributed by atoms with van der Waals surface area (Å²) >= 11 is 6.26. The number of nitrogens with one attached hydrogen (secondary N) is 1. The van der Waals surface area contributed by atoms with E-state index >= 15 is 0 Å². The van der Waals surface area contributed by atoms with E-state index in [0.717, 1.165) is 16.8 Å². The highest BCUT2D eigenvalue weighted by molar-refractivity contribution is 6.32. The highest BCUT2D eigenvalue weighted by Crippen LogP contribution is 2.38. The molecule has 4 aromatic rings. The molecule has 0 fully saturated rings. The number of hydrogen-bond acceptors (Lipinski definition) is 5. The van der Waals surface area contributed by atoms with Crippen LogP contribution in [0.1, 0.15) is 23.1 Å². The normalized spacial score (nSPS) is 12.1. The number of ether oxygens (including phenoxy) is 1. The summed E-state index contributed by atoms with van der Waals surface area (Å²) in [5, 5.41) is 15.7. The van der Waals surface area contributed by atoms with Gasteiger partial charge < -0.3 is 19.6 Å². The molecule has 0 saturated heterocycles. The van der Waals surface area contributed by atoms with E-state index in [2.05, 4.69) is 10.3 Å². The van der Waals surface area contributed by atoms with Crippen molar-refractivity contribution in [2.24, 2.45) is 0 Å². The molecule has 2 N–H and O–H groups in total. The number of pyridine rings is 1. The Labute approximate surface area is 167 Å². The maximum atomic E-state index is 11.0. The van der Waals surface area contributed by atoms with Crippen LogP contribution in [-0.4, -0.2) is 17.2 Å². The van der Waals surface area contributed by atoms with E-state index in [-0.39, 0.29) is 5.75 Å². The topological polar surface area (TPSA) is 67.5 Å². The first-order valence-corrected chi connectivity index (χ1v) is 9.17. The first-order chi connectivity index (χ1) is 13.6. The molecule has 28 heavy (non-hydrogen) atoms. The zero-order chi connectivity index (χ0) is 19.7. The van der Waals surface area contributed by atoms with Gasteiger partial charge in [-0.1, -0.05) is 29.8 Å². The molecule has 0 amide bonds. The van der Waals surface area contributed by atoms with Crippen molar-refractivity contribution in [1.29, 1.82) is 0 Å². The highest BCUT2D eigenvalue weighted by atomic mass is 35.5. The summed E-state index contributed by atoms with van der Waals surface area (Å²) in [6.07, 6.45) is 1.60. The number of hydrogen-bond donors (Lipinski definition) is 2. The standard InChI is InChI=1S/C22H19ClN2O3/c1-13-5-6-14-7-9-16(22(26)20(14)24-13)21(19-4-3-11-28-19)25-15-8-10-18(27-2)17(23)12-15/h3-12,21,25-26H,1-2H3. The van der Waals surface area contributed by atoms with Crippen LogP contribution >= 0.6 is 11.6 Å². The van der Waals surface area contributed by atoms with Crippen molar-refractivity contribution >= 4 is 28.2 Å². The quantitative estimate of drug-likeness (QED) is 0.454. The molecule has 2 aromatic carbocycles. The molecule has 0 radical (unpaired) electrons. The Morgan fingerprint density at radius 1 is 1.14 bits per heavy atom. The predicted octanol–water partition coefficient (Wildman–Crippen LogP) is 5.71. The molecule has 0 bridgehead atoms. The van der Waals surface area contributed by atoms with Crippen LogP contribution in [0.2, 0.25) is 5.02 Å². The molecule has 0 aliphatic rings. The summed E-state index contributed by atoms with van der Waals surface area (Å²) in [5.41, 5.74) is 2.82. The molecule has 0 spiro atoms. The van der Waals surface area contributed by atoms with Gasteiger partial charge in [0.05, 0.1) is 18.4 Å². The van der Waals surface area contributed by atoms with Crippen LogP contribution in [0.25, 0.3) is 10.9 Å². The van der Waals surface area contributed by atoms with Crippen LogP contribution in [0.5, 0.6) is 11.5 Å². The molecule has 1 atom stereocenters. The van der Waals surface area contributed by atoms with Crippen LogP contribution < -0.4 is 10.1 Å². The van der Waals surface area contributed by atoms with Crippen molar-refractivity contribution in [3.63, 3.8) is 0 Å². The maximum absolute atomic E-state index is 11.0. The predicted molar refractivity (Wildman–Crippen MR) is 110 cm³/mol. The fraction of sp³-hybridized carbons (Fsp3) is 0.136. The summed E-state index contributed by atoms with van der Waals surface area (Å²) in [4.78, 5) is 4.50. The zero-order valence-electron chi connectivity index (χ0n) is 15.4. The molecule has 5 nitrogen and oxygen atoms in total. The van der Waals surface area contributed by atoms with Crippen LogP contribution in [0.15, 0.2) is 65.3 Å². The first-order valence-electron chi connectivity index (χ1n) is 8.79. The number of benzene rings is 2. The Bertz CT molecular complexity index is 1130. The van der Waals surface area contributed by atoms with Crippen molar-refractivity contribution in [2.75, 3.05) is 12.4 Å². The molecule has 1 unspecified atom stereocenters. The van der Waals surface area contributed by atoms with E-state index in [1.54, 1.807) is 25.5 Å². The third-order valence-electron chi connectivity index (χ3n) is 4.61. The van der Waals surface area contributed by atoms with E-state index in [0.29, 0.717) is 27.6 Å². The Kier molecular flexibility index (Phi) is 4.84. The number of halogens is 1. The summed E-state index contributed by atoms with van der Waals surface area (Å²) < 4.78 is 10.9. The van der Waals surface area contributed by atoms with E-state index in [1.807, 2.05) is 49.4 Å². The molecule has 2 heterocycles. The fourth-order valence-electron chi connectivity index (χ4n) is 3.20. The average Bonchev–Trinajstić information content (AvgIpc) is 3.22. The number of anilines is 1. The van der Waals surface area contributed by atoms with Gasteiger partial charge in [0, 0.05) is 22.3 Å². The van der Waals surface area contributed by atoms with Gasteiger partial charge in [-0.05, 0) is 43.3 Å². The smallest absolute Gasteiger partial charge is 0.147 e. The molecule has 6 heteroatoms. The maximum Gasteiger partial charge on any atom is 0.147 e. The highest BCUT2D eigenvalue weighted by Gasteiger charge is 2.22. The lowest BCUT2D eigenvalue weighted by Crippen LogP contribution is -2.12. The lowest BCUT2D eigenvalue weighted by atomic mass is 10.00. The van der Waals surface area contributed by atoms with Gasteiger partial charge >= 0.3 is 0 Å². The molecule has 4 rings (SSSR count). The first kappa shape index (κ1) is 18.2. The number of furan rings is 1. The summed E-state index contributed by atoms with van der Waals surface area (Å²) in [6.45, 7) is 1.90. The van der Waals surface area contributed by atoms with Gasteiger partial charge in [-0.25, -0.2) is 4.98 Å². The van der Waals surface area contributed by atoms with E-state index in [9.17, 15) is 5.11 Å². The summed E-state index contributed by atoms with van der Waals surface area (Å²) in [5.74, 6) is 1.37. The molecule has 0 saturated carbocycles. The molecular weight excluding hydrogens is 376 g/mol. The minimum absolute atomic E-state index is 0.120. The van der Waals surface area contributed by atoms with Crippen molar-refractivity contribution in [3.8, 4) is 11.5 Å². The van der Waals surface area contributed by atoms with Crippen LogP contribution in [0.3, 0.4) is 0 Å².